The van der Waals surface area contributed by atoms with Crippen molar-refractivity contribution >= 4 is 36.3 Å². The van der Waals surface area contributed by atoms with Crippen molar-refractivity contribution in [1.29, 1.82) is 0 Å². The second-order valence-electron chi connectivity index (χ2n) is 6.76. The molecule has 4 atom stereocenters. The monoisotopic (exact) mass is 415 g/mol. The number of phosphoric acid groups is 1. The molecule has 2 aromatic heterocycles. The van der Waals surface area contributed by atoms with Crippen LogP contribution >= 0.6 is 7.82 Å². The zero-order valence-electron chi connectivity index (χ0n) is 14.5. The average molecular weight is 415 g/mol. The van der Waals surface area contributed by atoms with Crippen LogP contribution in [0.1, 0.15) is 13.2 Å². The molecular formula is C14H18N5O8P. The number of anilines is 2. The van der Waals surface area contributed by atoms with Gasteiger partial charge in [0.15, 0.2) is 6.23 Å². The highest BCUT2D eigenvalue weighted by atomic mass is 31.2. The van der Waals surface area contributed by atoms with Crippen molar-refractivity contribution in [3.05, 3.63) is 12.5 Å². The summed E-state index contributed by atoms with van der Waals surface area (Å²) in [5, 5.41) is 27.3. The van der Waals surface area contributed by atoms with Crippen LogP contribution in [0.5, 0.6) is 0 Å². The first kappa shape index (κ1) is 19.2. The molecule has 6 N–H and O–H groups in total. The number of aromatic nitrogens is 3. The number of aliphatic hydroxyl groups excluding tert-OH is 1. The van der Waals surface area contributed by atoms with Gasteiger partial charge in [-0.15, -0.1) is 0 Å². The van der Waals surface area contributed by atoms with Crippen LogP contribution in [0.15, 0.2) is 12.5 Å². The zero-order chi connectivity index (χ0) is 20.3. The highest BCUT2D eigenvalue weighted by Crippen LogP contribution is 2.44. The molecule has 0 saturated carbocycles. The van der Waals surface area contributed by atoms with Gasteiger partial charge in [-0.05, 0) is 6.92 Å². The molecule has 4 heterocycles. The Morgan fingerprint density at radius 2 is 2.21 bits per heavy atom. The first-order valence-corrected chi connectivity index (χ1v) is 9.76. The predicted molar refractivity (Wildman–Crippen MR) is 93.2 cm³/mol. The largest absolute Gasteiger partial charge is 0.469 e. The molecule has 2 aliphatic rings. The summed E-state index contributed by atoms with van der Waals surface area (Å²) in [6.45, 7) is 0.706. The van der Waals surface area contributed by atoms with Gasteiger partial charge in [0.25, 0.3) is 0 Å². The standard InChI is InChI=1S/C14H18N5O8P/c1-14(22)10(21)7(4-26-28(23,24)25)27-13(14)19-3-6-9-11(15-2-8(20)18-6)16-5-17-12(9)19/h3,5,7,10,13,21-22H,2,4H2,1H3,(H,18,20)(H,15,16,17)(H2,23,24,25)/t7-,10-,13-,14-/m1/s1. The molecule has 0 aromatic carbocycles. The van der Waals surface area contributed by atoms with E-state index in [1.165, 1.54) is 24.0 Å². The molecule has 152 valence electrons. The van der Waals surface area contributed by atoms with Crippen LogP contribution in [0.2, 0.25) is 0 Å². The predicted octanol–water partition coefficient (Wildman–Crippen LogP) is -1.09. The molecule has 0 unspecified atom stereocenters. The van der Waals surface area contributed by atoms with Crippen molar-refractivity contribution in [2.75, 3.05) is 23.8 Å². The van der Waals surface area contributed by atoms with Crippen LogP contribution in [-0.4, -0.2) is 71.4 Å². The van der Waals surface area contributed by atoms with E-state index in [1.54, 1.807) is 0 Å². The van der Waals surface area contributed by atoms with Crippen LogP contribution in [-0.2, 0) is 18.6 Å². The number of ether oxygens (including phenoxy) is 1. The Balaban J connectivity index is 1.74. The molecule has 13 nitrogen and oxygen atoms in total. The molecule has 1 amide bonds. The number of nitrogens with zero attached hydrogens (tertiary/aromatic N) is 3. The lowest BCUT2D eigenvalue weighted by atomic mass is 9.96. The Kier molecular flexibility index (Phi) is 4.43. The second-order valence-corrected chi connectivity index (χ2v) is 8.00. The van der Waals surface area contributed by atoms with Gasteiger partial charge in [0, 0.05) is 6.20 Å². The van der Waals surface area contributed by atoms with Crippen molar-refractivity contribution < 1.29 is 38.6 Å². The molecule has 2 aromatic rings. The van der Waals surface area contributed by atoms with E-state index in [-0.39, 0.29) is 12.5 Å². The minimum absolute atomic E-state index is 0.0267. The number of amides is 1. The van der Waals surface area contributed by atoms with Gasteiger partial charge in [-0.25, -0.2) is 14.5 Å². The third-order valence-corrected chi connectivity index (χ3v) is 5.20. The van der Waals surface area contributed by atoms with Gasteiger partial charge in [0.05, 0.1) is 24.2 Å². The summed E-state index contributed by atoms with van der Waals surface area (Å²) >= 11 is 0. The van der Waals surface area contributed by atoms with Gasteiger partial charge in [-0.3, -0.25) is 9.32 Å². The summed E-state index contributed by atoms with van der Waals surface area (Å²) in [5.41, 5.74) is -1.13. The normalized spacial score (nSPS) is 30.2. The van der Waals surface area contributed by atoms with E-state index in [1.807, 2.05) is 0 Å². The minimum Gasteiger partial charge on any atom is -0.387 e. The fraction of sp³-hybridized carbons (Fsp3) is 0.500. The maximum absolute atomic E-state index is 11.9. The molecule has 0 aliphatic carbocycles. The van der Waals surface area contributed by atoms with Crippen molar-refractivity contribution in [3.8, 4) is 0 Å². The Hall–Kier alpha value is -2.12. The Labute approximate surface area is 157 Å². The van der Waals surface area contributed by atoms with Gasteiger partial charge in [-0.2, -0.15) is 0 Å². The van der Waals surface area contributed by atoms with Crippen molar-refractivity contribution in [1.82, 2.24) is 14.5 Å². The molecular weight excluding hydrogens is 397 g/mol. The summed E-state index contributed by atoms with van der Waals surface area (Å²) in [4.78, 5) is 37.9. The molecule has 2 aliphatic heterocycles. The fourth-order valence-corrected chi connectivity index (χ4v) is 3.74. The van der Waals surface area contributed by atoms with E-state index in [4.69, 9.17) is 14.5 Å². The number of aliphatic hydroxyl groups is 2. The van der Waals surface area contributed by atoms with Gasteiger partial charge in [0.1, 0.15) is 35.6 Å². The van der Waals surface area contributed by atoms with E-state index in [2.05, 4.69) is 25.1 Å². The lowest BCUT2D eigenvalue weighted by Gasteiger charge is -2.27. The topological polar surface area (TPSA) is 188 Å². The number of rotatable bonds is 4. The first-order valence-electron chi connectivity index (χ1n) is 8.23. The third-order valence-electron chi connectivity index (χ3n) is 4.71. The first-order chi connectivity index (χ1) is 13.1. The molecule has 1 fully saturated rings. The maximum atomic E-state index is 11.9. The summed E-state index contributed by atoms with van der Waals surface area (Å²) in [6, 6.07) is 0. The van der Waals surface area contributed by atoms with Gasteiger partial charge >= 0.3 is 7.82 Å². The van der Waals surface area contributed by atoms with E-state index < -0.39 is 38.5 Å². The van der Waals surface area contributed by atoms with Crippen LogP contribution in [0.3, 0.4) is 0 Å². The summed E-state index contributed by atoms with van der Waals surface area (Å²) < 4.78 is 22.4. The minimum atomic E-state index is -4.78. The molecule has 0 bridgehead atoms. The van der Waals surface area contributed by atoms with E-state index >= 15 is 0 Å². The molecule has 4 rings (SSSR count). The van der Waals surface area contributed by atoms with Crippen molar-refractivity contribution in [2.24, 2.45) is 0 Å². The SMILES string of the molecule is C[C@@]1(O)[C@H](O)[C@@H](COP(=O)(O)O)O[C@H]1n1cc2c3c(ncnc31)NCC(=O)N2. The molecule has 28 heavy (non-hydrogen) atoms. The average Bonchev–Trinajstić information content (AvgIpc) is 3.00. The van der Waals surface area contributed by atoms with Gasteiger partial charge in [0.2, 0.25) is 5.91 Å². The maximum Gasteiger partial charge on any atom is 0.469 e. The van der Waals surface area contributed by atoms with E-state index in [9.17, 15) is 19.6 Å². The highest BCUT2D eigenvalue weighted by Gasteiger charge is 2.54. The number of carbonyl (C=O) groups excluding carboxylic acids is 1. The molecule has 14 heteroatoms. The number of phosphoric ester groups is 1. The molecule has 0 spiro atoms. The lowest BCUT2D eigenvalue weighted by molar-refractivity contribution is -0.114. The third kappa shape index (κ3) is 3.16. The Morgan fingerprint density at radius 1 is 1.46 bits per heavy atom. The molecule has 1 saturated heterocycles. The number of hydrogen-bond donors (Lipinski definition) is 6. The van der Waals surface area contributed by atoms with Gasteiger partial charge in [-0.1, -0.05) is 0 Å². The van der Waals surface area contributed by atoms with E-state index in [0.29, 0.717) is 22.5 Å². The highest BCUT2D eigenvalue weighted by molar-refractivity contribution is 7.46. The summed E-state index contributed by atoms with van der Waals surface area (Å²) in [7, 11) is -4.78. The Morgan fingerprint density at radius 3 is 2.93 bits per heavy atom. The van der Waals surface area contributed by atoms with Crippen LogP contribution in [0.25, 0.3) is 11.0 Å². The van der Waals surface area contributed by atoms with Crippen molar-refractivity contribution in [2.45, 2.75) is 31.0 Å². The van der Waals surface area contributed by atoms with E-state index in [0.717, 1.165) is 0 Å². The van der Waals surface area contributed by atoms with Crippen LogP contribution in [0.4, 0.5) is 11.5 Å². The smallest absolute Gasteiger partial charge is 0.387 e. The number of nitrogens with one attached hydrogen (secondary N) is 2. The summed E-state index contributed by atoms with van der Waals surface area (Å²) in [6.07, 6.45) is -1.13. The lowest BCUT2D eigenvalue weighted by Crippen LogP contribution is -2.44. The second kappa shape index (κ2) is 6.46. The van der Waals surface area contributed by atoms with Crippen LogP contribution < -0.4 is 10.6 Å². The fourth-order valence-electron chi connectivity index (χ4n) is 3.40. The number of hydrogen-bond acceptors (Lipinski definition) is 9. The quantitative estimate of drug-likeness (QED) is 0.333. The molecule has 0 radical (unpaired) electrons. The van der Waals surface area contributed by atoms with Gasteiger partial charge < -0.3 is 39.9 Å². The number of carbonyl (C=O) groups is 1. The Bertz CT molecular complexity index is 988. The van der Waals surface area contributed by atoms with Crippen LogP contribution in [0, 0.1) is 0 Å². The summed E-state index contributed by atoms with van der Waals surface area (Å²) in [5.74, 6) is 0.112. The van der Waals surface area contributed by atoms with Crippen molar-refractivity contribution in [3.63, 3.8) is 0 Å². The zero-order valence-corrected chi connectivity index (χ0v) is 15.4.